The summed E-state index contributed by atoms with van der Waals surface area (Å²) < 4.78 is 62.1. The zero-order valence-corrected chi connectivity index (χ0v) is 12.4. The van der Waals surface area contributed by atoms with E-state index in [-0.39, 0.29) is 19.3 Å². The number of halogens is 5. The standard InChI is InChI=1S/C15H16F5NO3/c16-12(17)8-11(14(23)24)21-13(22)6-2-4-9-3-1-5-10(7-9)15(18,19)20/h1,3,5,7,11-12H,2,4,6,8H2,(H,21,22)(H,23,24). The fourth-order valence-corrected chi connectivity index (χ4v) is 2.02. The Hall–Kier alpha value is -2.19. The highest BCUT2D eigenvalue weighted by Crippen LogP contribution is 2.29. The van der Waals surface area contributed by atoms with Crippen molar-refractivity contribution in [3.05, 3.63) is 35.4 Å². The highest BCUT2D eigenvalue weighted by atomic mass is 19.4. The minimum absolute atomic E-state index is 0.161. The molecule has 4 nitrogen and oxygen atoms in total. The molecule has 1 atom stereocenters. The van der Waals surface area contributed by atoms with Gasteiger partial charge in [-0.05, 0) is 24.5 Å². The van der Waals surface area contributed by atoms with Crippen LogP contribution in [-0.2, 0) is 22.2 Å². The van der Waals surface area contributed by atoms with Gasteiger partial charge in [-0.25, -0.2) is 13.6 Å². The molecular weight excluding hydrogens is 337 g/mol. The number of aliphatic carboxylic acids is 1. The van der Waals surface area contributed by atoms with Crippen LogP contribution in [0.3, 0.4) is 0 Å². The van der Waals surface area contributed by atoms with Crippen molar-refractivity contribution in [2.75, 3.05) is 0 Å². The van der Waals surface area contributed by atoms with E-state index >= 15 is 0 Å². The molecule has 24 heavy (non-hydrogen) atoms. The third kappa shape index (κ3) is 6.93. The van der Waals surface area contributed by atoms with Crippen molar-refractivity contribution < 1.29 is 36.6 Å². The van der Waals surface area contributed by atoms with Crippen molar-refractivity contribution in [3.8, 4) is 0 Å². The maximum atomic E-state index is 12.6. The number of rotatable bonds is 8. The quantitative estimate of drug-likeness (QED) is 0.705. The number of alkyl halides is 5. The molecule has 0 heterocycles. The molecule has 134 valence electrons. The van der Waals surface area contributed by atoms with Crippen LogP contribution in [0.2, 0.25) is 0 Å². The van der Waals surface area contributed by atoms with E-state index in [1.165, 1.54) is 12.1 Å². The SMILES string of the molecule is O=C(CCCc1cccc(C(F)(F)F)c1)NC(CC(F)F)C(=O)O. The average molecular weight is 353 g/mol. The van der Waals surface area contributed by atoms with Crippen molar-refractivity contribution in [1.29, 1.82) is 0 Å². The molecule has 0 bridgehead atoms. The van der Waals surface area contributed by atoms with Crippen molar-refractivity contribution in [2.45, 2.75) is 44.3 Å². The predicted octanol–water partition coefficient (Wildman–Crippen LogP) is 3.25. The summed E-state index contributed by atoms with van der Waals surface area (Å²) in [4.78, 5) is 22.3. The van der Waals surface area contributed by atoms with Crippen molar-refractivity contribution in [1.82, 2.24) is 5.32 Å². The molecule has 0 saturated heterocycles. The van der Waals surface area contributed by atoms with Crippen molar-refractivity contribution in [3.63, 3.8) is 0 Å². The van der Waals surface area contributed by atoms with Crippen LogP contribution in [0.4, 0.5) is 22.0 Å². The van der Waals surface area contributed by atoms with Crippen LogP contribution in [-0.4, -0.2) is 29.5 Å². The van der Waals surface area contributed by atoms with Gasteiger partial charge in [-0.15, -0.1) is 0 Å². The third-order valence-corrected chi connectivity index (χ3v) is 3.17. The van der Waals surface area contributed by atoms with Crippen molar-refractivity contribution >= 4 is 11.9 Å². The molecule has 0 fully saturated rings. The Morgan fingerprint density at radius 3 is 2.42 bits per heavy atom. The third-order valence-electron chi connectivity index (χ3n) is 3.17. The molecule has 0 aliphatic heterocycles. The van der Waals surface area contributed by atoms with Crippen LogP contribution in [0.5, 0.6) is 0 Å². The summed E-state index contributed by atoms with van der Waals surface area (Å²) in [5.41, 5.74) is -0.424. The van der Waals surface area contributed by atoms with Gasteiger partial charge in [-0.3, -0.25) is 4.79 Å². The molecule has 0 spiro atoms. The molecule has 1 aromatic carbocycles. The van der Waals surface area contributed by atoms with Gasteiger partial charge >= 0.3 is 12.1 Å². The first kappa shape index (κ1) is 19.9. The molecular formula is C15H16F5NO3. The van der Waals surface area contributed by atoms with Gasteiger partial charge in [0, 0.05) is 12.8 Å². The van der Waals surface area contributed by atoms with Crippen LogP contribution >= 0.6 is 0 Å². The summed E-state index contributed by atoms with van der Waals surface area (Å²) in [5.74, 6) is -2.31. The number of hydrogen-bond acceptors (Lipinski definition) is 2. The van der Waals surface area contributed by atoms with Crippen LogP contribution < -0.4 is 5.32 Å². The van der Waals surface area contributed by atoms with Gasteiger partial charge in [0.1, 0.15) is 6.04 Å². The maximum absolute atomic E-state index is 12.6. The lowest BCUT2D eigenvalue weighted by molar-refractivity contribution is -0.143. The number of aryl methyl sites for hydroxylation is 1. The van der Waals surface area contributed by atoms with Crippen LogP contribution in [0, 0.1) is 0 Å². The Labute approximate surface area is 134 Å². The van der Waals surface area contributed by atoms with Crippen molar-refractivity contribution in [2.24, 2.45) is 0 Å². The van der Waals surface area contributed by atoms with Gasteiger partial charge in [0.25, 0.3) is 0 Å². The van der Waals surface area contributed by atoms with Crippen LogP contribution in [0.25, 0.3) is 0 Å². The smallest absolute Gasteiger partial charge is 0.416 e. The van der Waals surface area contributed by atoms with E-state index in [1.54, 1.807) is 0 Å². The zero-order chi connectivity index (χ0) is 18.3. The summed E-state index contributed by atoms with van der Waals surface area (Å²) >= 11 is 0. The highest BCUT2D eigenvalue weighted by Gasteiger charge is 2.30. The lowest BCUT2D eigenvalue weighted by Crippen LogP contribution is -2.41. The van der Waals surface area contributed by atoms with Gasteiger partial charge in [0.2, 0.25) is 12.3 Å². The lowest BCUT2D eigenvalue weighted by atomic mass is 10.0. The van der Waals surface area contributed by atoms with E-state index < -0.39 is 42.5 Å². The predicted molar refractivity (Wildman–Crippen MR) is 74.6 cm³/mol. The van der Waals surface area contributed by atoms with Gasteiger partial charge in [0.15, 0.2) is 0 Å². The second-order valence-corrected chi connectivity index (χ2v) is 5.14. The number of hydrogen-bond donors (Lipinski definition) is 2. The molecule has 1 unspecified atom stereocenters. The summed E-state index contributed by atoms with van der Waals surface area (Å²) in [5, 5.41) is 10.7. The minimum atomic E-state index is -4.46. The monoisotopic (exact) mass is 353 g/mol. The number of amides is 1. The molecule has 1 aromatic rings. The molecule has 9 heteroatoms. The minimum Gasteiger partial charge on any atom is -0.480 e. The molecule has 0 saturated carbocycles. The van der Waals surface area contributed by atoms with Gasteiger partial charge in [0.05, 0.1) is 5.56 Å². The highest BCUT2D eigenvalue weighted by molar-refractivity contribution is 5.83. The van der Waals surface area contributed by atoms with E-state index in [9.17, 15) is 31.5 Å². The lowest BCUT2D eigenvalue weighted by Gasteiger charge is -2.14. The molecule has 0 radical (unpaired) electrons. The number of carboxylic acids is 1. The number of nitrogens with one attached hydrogen (secondary N) is 1. The summed E-state index contributed by atoms with van der Waals surface area (Å²) in [7, 11) is 0. The Balaban J connectivity index is 2.49. The Morgan fingerprint density at radius 1 is 1.21 bits per heavy atom. The van der Waals surface area contributed by atoms with E-state index in [0.29, 0.717) is 5.56 Å². The Bertz CT molecular complexity index is 574. The normalized spacial score (nSPS) is 12.9. The first-order valence-electron chi connectivity index (χ1n) is 7.06. The maximum Gasteiger partial charge on any atom is 0.416 e. The van der Waals surface area contributed by atoms with E-state index in [1.807, 2.05) is 5.32 Å². The molecule has 0 aliphatic carbocycles. The number of benzene rings is 1. The average Bonchev–Trinajstić information content (AvgIpc) is 2.45. The molecule has 0 aliphatic rings. The summed E-state index contributed by atoms with van der Waals surface area (Å²) in [6.45, 7) is 0. The molecule has 1 amide bonds. The fraction of sp³-hybridized carbons (Fsp3) is 0.467. The van der Waals surface area contributed by atoms with Crippen LogP contribution in [0.1, 0.15) is 30.4 Å². The topological polar surface area (TPSA) is 66.4 Å². The van der Waals surface area contributed by atoms with E-state index in [0.717, 1.165) is 12.1 Å². The van der Waals surface area contributed by atoms with Gasteiger partial charge in [-0.1, -0.05) is 18.2 Å². The second kappa shape index (κ2) is 8.60. The van der Waals surface area contributed by atoms with E-state index in [4.69, 9.17) is 5.11 Å². The zero-order valence-electron chi connectivity index (χ0n) is 12.4. The largest absolute Gasteiger partial charge is 0.480 e. The van der Waals surface area contributed by atoms with E-state index in [2.05, 4.69) is 0 Å². The molecule has 2 N–H and O–H groups in total. The molecule has 0 aromatic heterocycles. The molecule has 1 rings (SSSR count). The number of carboxylic acid groups (broad SMARTS) is 1. The number of carbonyl (C=O) groups is 2. The van der Waals surface area contributed by atoms with Crippen LogP contribution in [0.15, 0.2) is 24.3 Å². The summed E-state index contributed by atoms with van der Waals surface area (Å²) in [6, 6.07) is 2.93. The van der Waals surface area contributed by atoms with Gasteiger partial charge < -0.3 is 10.4 Å². The Kier molecular flexibility index (Phi) is 7.12. The first-order chi connectivity index (χ1) is 11.1. The number of carbonyl (C=O) groups excluding carboxylic acids is 1. The van der Waals surface area contributed by atoms with Gasteiger partial charge in [-0.2, -0.15) is 13.2 Å². The summed E-state index contributed by atoms with van der Waals surface area (Å²) in [6.07, 6.45) is -8.19. The fourth-order valence-electron chi connectivity index (χ4n) is 2.02. The second-order valence-electron chi connectivity index (χ2n) is 5.14. The first-order valence-corrected chi connectivity index (χ1v) is 7.06. The Morgan fingerprint density at radius 2 is 1.88 bits per heavy atom.